The Hall–Kier alpha value is -0.120. The summed E-state index contributed by atoms with van der Waals surface area (Å²) in [5, 5.41) is 19.3. The number of hydrogen-bond donors (Lipinski definition) is 2. The Labute approximate surface area is 297 Å². The molecule has 0 saturated heterocycles. The summed E-state index contributed by atoms with van der Waals surface area (Å²) < 4.78 is 6.47. The summed E-state index contributed by atoms with van der Waals surface area (Å²) in [5.74, 6) is 0. The monoisotopic (exact) mass is 667 g/mol. The average molecular weight is 667 g/mol. The van der Waals surface area contributed by atoms with Gasteiger partial charge in [0.05, 0.1) is 12.2 Å². The zero-order valence-electron chi connectivity index (χ0n) is 32.7. The van der Waals surface area contributed by atoms with E-state index in [2.05, 4.69) is 13.8 Å². The molecule has 0 radical (unpaired) electrons. The molecule has 284 valence electrons. The lowest BCUT2D eigenvalue weighted by atomic mass is 10.0. The Morgan fingerprint density at radius 1 is 0.277 bits per heavy atom. The van der Waals surface area contributed by atoms with E-state index in [0.29, 0.717) is 0 Å². The van der Waals surface area contributed by atoms with E-state index < -0.39 is 0 Å². The highest BCUT2D eigenvalue weighted by molar-refractivity contribution is 4.66. The Bertz CT molecular complexity index is 492. The van der Waals surface area contributed by atoms with Gasteiger partial charge in [0.1, 0.15) is 0 Å². The molecule has 47 heavy (non-hydrogen) atoms. The number of ether oxygens (including phenoxy) is 1. The lowest BCUT2D eigenvalue weighted by Gasteiger charge is -2.24. The van der Waals surface area contributed by atoms with E-state index in [4.69, 9.17) is 4.74 Å². The third-order valence-electron chi connectivity index (χ3n) is 10.5. The fraction of sp³-hybridized carbons (Fsp3) is 1.00. The summed E-state index contributed by atoms with van der Waals surface area (Å²) >= 11 is 0. The van der Waals surface area contributed by atoms with Crippen LogP contribution in [0.4, 0.5) is 0 Å². The van der Waals surface area contributed by atoms with Crippen LogP contribution in [-0.4, -0.2) is 35.6 Å². The van der Waals surface area contributed by atoms with Gasteiger partial charge >= 0.3 is 0 Å². The molecular weight excluding hydrogens is 576 g/mol. The Morgan fingerprint density at radius 2 is 0.468 bits per heavy atom. The minimum atomic E-state index is 0.152. The summed E-state index contributed by atoms with van der Waals surface area (Å²) in [6.45, 7) is 5.00. The summed E-state index contributed by atoms with van der Waals surface area (Å²) in [6.07, 6.45) is 51.4. The molecule has 2 N–H and O–H groups in total. The number of aliphatic hydroxyl groups is 2. The molecule has 0 aliphatic heterocycles. The SMILES string of the molecule is CCCCCCCCCCCCCCCCCCCC(CCO)OC(CCO)CCCCCCCCCCCCCCCCCCC. The highest BCUT2D eigenvalue weighted by Crippen LogP contribution is 2.20. The van der Waals surface area contributed by atoms with E-state index >= 15 is 0 Å². The molecule has 0 fully saturated rings. The van der Waals surface area contributed by atoms with Gasteiger partial charge in [0, 0.05) is 13.2 Å². The highest BCUT2D eigenvalue weighted by atomic mass is 16.5. The van der Waals surface area contributed by atoms with Crippen LogP contribution in [0.25, 0.3) is 0 Å². The molecule has 0 aliphatic rings. The first-order chi connectivity index (χ1) is 23.3. The van der Waals surface area contributed by atoms with Crippen LogP contribution in [0.5, 0.6) is 0 Å². The van der Waals surface area contributed by atoms with Crippen LogP contribution >= 0.6 is 0 Å². The van der Waals surface area contributed by atoms with Crippen molar-refractivity contribution < 1.29 is 14.9 Å². The lowest BCUT2D eigenvalue weighted by Crippen LogP contribution is -2.24. The van der Waals surface area contributed by atoms with Gasteiger partial charge in [0.25, 0.3) is 0 Å². The zero-order valence-corrected chi connectivity index (χ0v) is 32.7. The number of rotatable bonds is 42. The van der Waals surface area contributed by atoms with E-state index in [0.717, 1.165) is 25.7 Å². The van der Waals surface area contributed by atoms with Gasteiger partial charge in [-0.25, -0.2) is 0 Å². The maximum atomic E-state index is 9.63. The van der Waals surface area contributed by atoms with Gasteiger partial charge in [0.15, 0.2) is 0 Å². The zero-order chi connectivity index (χ0) is 34.1. The number of hydrogen-bond acceptors (Lipinski definition) is 3. The van der Waals surface area contributed by atoms with E-state index in [-0.39, 0.29) is 25.4 Å². The first kappa shape index (κ1) is 46.9. The first-order valence-corrected chi connectivity index (χ1v) is 22.2. The summed E-state index contributed by atoms with van der Waals surface area (Å²) in [6, 6.07) is 0. The van der Waals surface area contributed by atoms with Crippen LogP contribution in [0.2, 0.25) is 0 Å². The van der Waals surface area contributed by atoms with Crippen LogP contribution < -0.4 is 0 Å². The quantitative estimate of drug-likeness (QED) is 0.0637. The van der Waals surface area contributed by atoms with Crippen molar-refractivity contribution in [3.63, 3.8) is 0 Å². The molecule has 3 nitrogen and oxygen atoms in total. The predicted octanol–water partition coefficient (Wildman–Crippen LogP) is 14.6. The fourth-order valence-corrected chi connectivity index (χ4v) is 7.31. The van der Waals surface area contributed by atoms with Crippen LogP contribution in [-0.2, 0) is 4.74 Å². The molecule has 0 aromatic heterocycles. The summed E-state index contributed by atoms with van der Waals surface area (Å²) in [7, 11) is 0. The van der Waals surface area contributed by atoms with Gasteiger partial charge in [-0.05, 0) is 25.7 Å². The predicted molar refractivity (Wildman–Crippen MR) is 210 cm³/mol. The van der Waals surface area contributed by atoms with Crippen molar-refractivity contribution in [2.24, 2.45) is 0 Å². The van der Waals surface area contributed by atoms with Crippen molar-refractivity contribution in [3.8, 4) is 0 Å². The van der Waals surface area contributed by atoms with Crippen molar-refractivity contribution >= 4 is 0 Å². The van der Waals surface area contributed by atoms with Gasteiger partial charge < -0.3 is 14.9 Å². The second kappa shape index (κ2) is 42.0. The number of unbranched alkanes of at least 4 members (excludes halogenated alkanes) is 32. The van der Waals surface area contributed by atoms with E-state index in [1.807, 2.05) is 0 Å². The Morgan fingerprint density at radius 3 is 0.660 bits per heavy atom. The Balaban J connectivity index is 3.67. The van der Waals surface area contributed by atoms with E-state index in [1.165, 1.54) is 218 Å². The maximum absolute atomic E-state index is 9.63. The Kier molecular flexibility index (Phi) is 41.9. The smallest absolute Gasteiger partial charge is 0.0600 e. The van der Waals surface area contributed by atoms with Crippen molar-refractivity contribution in [2.45, 2.75) is 270 Å². The molecule has 0 aromatic carbocycles. The molecule has 0 rings (SSSR count). The van der Waals surface area contributed by atoms with Crippen LogP contribution in [0.3, 0.4) is 0 Å². The molecule has 0 spiro atoms. The summed E-state index contributed by atoms with van der Waals surface area (Å²) in [5.41, 5.74) is 0. The highest BCUT2D eigenvalue weighted by Gasteiger charge is 2.16. The standard InChI is InChI=1S/C44H90O3/c1-3-5-7-9-11-13-15-17-19-21-23-25-27-29-31-33-35-37-43(39-41-45)47-44(40-42-46)38-36-34-32-30-28-26-24-22-20-18-16-14-12-10-8-6-4-2/h43-46H,3-42H2,1-2H3. The van der Waals surface area contributed by atoms with Crippen LogP contribution in [0.1, 0.15) is 258 Å². The molecule has 3 heteroatoms. The third-order valence-corrected chi connectivity index (χ3v) is 10.5. The first-order valence-electron chi connectivity index (χ1n) is 22.2. The molecular formula is C44H90O3. The molecule has 0 saturated carbocycles. The van der Waals surface area contributed by atoms with Crippen molar-refractivity contribution in [2.75, 3.05) is 13.2 Å². The maximum Gasteiger partial charge on any atom is 0.0600 e. The molecule has 2 unspecified atom stereocenters. The molecule has 0 amide bonds. The van der Waals surface area contributed by atoms with Crippen LogP contribution in [0, 0.1) is 0 Å². The molecule has 0 aliphatic carbocycles. The van der Waals surface area contributed by atoms with E-state index in [1.54, 1.807) is 0 Å². The van der Waals surface area contributed by atoms with Crippen molar-refractivity contribution in [1.29, 1.82) is 0 Å². The van der Waals surface area contributed by atoms with Gasteiger partial charge in [-0.3, -0.25) is 0 Å². The number of aliphatic hydroxyl groups excluding tert-OH is 2. The normalized spacial score (nSPS) is 13.0. The minimum Gasteiger partial charge on any atom is -0.396 e. The third kappa shape index (κ3) is 38.5. The van der Waals surface area contributed by atoms with Crippen molar-refractivity contribution in [3.05, 3.63) is 0 Å². The summed E-state index contributed by atoms with van der Waals surface area (Å²) in [4.78, 5) is 0. The largest absolute Gasteiger partial charge is 0.396 e. The van der Waals surface area contributed by atoms with E-state index in [9.17, 15) is 10.2 Å². The van der Waals surface area contributed by atoms with Gasteiger partial charge in [-0.2, -0.15) is 0 Å². The molecule has 0 bridgehead atoms. The minimum absolute atomic E-state index is 0.152. The van der Waals surface area contributed by atoms with Gasteiger partial charge in [-0.1, -0.05) is 232 Å². The molecule has 0 heterocycles. The second-order valence-electron chi connectivity index (χ2n) is 15.3. The lowest BCUT2D eigenvalue weighted by molar-refractivity contribution is -0.0419. The van der Waals surface area contributed by atoms with Gasteiger partial charge in [0.2, 0.25) is 0 Å². The molecule has 0 aromatic rings. The second-order valence-corrected chi connectivity index (χ2v) is 15.3. The fourth-order valence-electron chi connectivity index (χ4n) is 7.31. The topological polar surface area (TPSA) is 49.7 Å². The van der Waals surface area contributed by atoms with Gasteiger partial charge in [-0.15, -0.1) is 0 Å². The molecule has 2 atom stereocenters. The average Bonchev–Trinajstić information content (AvgIpc) is 3.07. The van der Waals surface area contributed by atoms with Crippen LogP contribution in [0.15, 0.2) is 0 Å². The van der Waals surface area contributed by atoms with Crippen molar-refractivity contribution in [1.82, 2.24) is 0 Å².